The molecule has 14 heteroatoms. The largest absolute Gasteiger partial charge is 4.00 e. The van der Waals surface area contributed by atoms with E-state index in [9.17, 15) is 34.4 Å². The Hall–Kier alpha value is -0.727. The van der Waals surface area contributed by atoms with Crippen molar-refractivity contribution in [3.8, 4) is 0 Å². The molecule has 2 aromatic carbocycles. The van der Waals surface area contributed by atoms with E-state index >= 15 is 0 Å². The van der Waals surface area contributed by atoms with Gasteiger partial charge in [-0.2, -0.15) is 34.0 Å². The van der Waals surface area contributed by atoms with Gasteiger partial charge in [-0.05, 0) is 4.90 Å². The summed E-state index contributed by atoms with van der Waals surface area (Å²) in [5, 5.41) is 0. The summed E-state index contributed by atoms with van der Waals surface area (Å²) in [4.78, 5) is -0.0532. The van der Waals surface area contributed by atoms with Gasteiger partial charge in [0.2, 0.25) is 30.9 Å². The van der Waals surface area contributed by atoms with E-state index < -0.39 is 30.9 Å². The summed E-state index contributed by atoms with van der Waals surface area (Å²) in [6.45, 7) is 0. The minimum Gasteiger partial charge on any atom is -0.725 e. The van der Waals surface area contributed by atoms with Gasteiger partial charge in [-0.15, -0.1) is 0 Å². The first kappa shape index (κ1) is 25.5. The Morgan fingerprint density at radius 3 is 1.33 bits per heavy atom. The third-order valence-electron chi connectivity index (χ3n) is 1.65. The second-order valence-corrected chi connectivity index (χ2v) is 7.04. The standard InChI is InChI=1S/C5H5O3S.C5H5.H2O7S2.Zr/c6-9(7,8)5-3-1-2-4-5;1-2-4-5-3-1;1-8(2,3)7-9(4,5)6;/h1-4H,(H,6,7,8);1-5H;(H,1,2,3)(H,4,5,6);/q2*-1;;+4/p-2. The van der Waals surface area contributed by atoms with E-state index in [4.69, 9.17) is 4.55 Å². The van der Waals surface area contributed by atoms with Crippen molar-refractivity contribution in [1.29, 1.82) is 0 Å². The van der Waals surface area contributed by atoms with Crippen LogP contribution in [0.25, 0.3) is 0 Å². The van der Waals surface area contributed by atoms with Crippen LogP contribution in [0.4, 0.5) is 0 Å². The average Bonchev–Trinajstić information content (AvgIpc) is 3.01. The summed E-state index contributed by atoms with van der Waals surface area (Å²) < 4.78 is 87.0. The van der Waals surface area contributed by atoms with Crippen LogP contribution in [0, 0.1) is 0 Å². The fourth-order valence-electron chi connectivity index (χ4n) is 0.951. The number of hydrogen-bond donors (Lipinski definition) is 1. The maximum atomic E-state index is 10.2. The van der Waals surface area contributed by atoms with E-state index in [1.54, 1.807) is 12.1 Å². The molecule has 0 aliphatic carbocycles. The third kappa shape index (κ3) is 16.1. The van der Waals surface area contributed by atoms with Gasteiger partial charge in [-0.1, -0.05) is 0 Å². The number of rotatable bonds is 3. The minimum absolute atomic E-state index is 0. The van der Waals surface area contributed by atoms with Gasteiger partial charge in [0.25, 0.3) is 0 Å². The van der Waals surface area contributed by atoms with Crippen molar-refractivity contribution in [3.05, 3.63) is 54.6 Å². The Morgan fingerprint density at radius 1 is 0.833 bits per heavy atom. The molecule has 0 spiro atoms. The summed E-state index contributed by atoms with van der Waals surface area (Å²) in [7, 11) is -14.8. The molecule has 1 N–H and O–H groups in total. The molecule has 0 radical (unpaired) electrons. The molecule has 2 rings (SSSR count). The molecule has 0 aliphatic heterocycles. The molecule has 10 nitrogen and oxygen atoms in total. The van der Waals surface area contributed by atoms with Crippen LogP contribution in [0.3, 0.4) is 0 Å². The van der Waals surface area contributed by atoms with Crippen LogP contribution in [0.5, 0.6) is 0 Å². The zero-order valence-corrected chi connectivity index (χ0v) is 16.4. The smallest absolute Gasteiger partial charge is 0.725 e. The second-order valence-electron chi connectivity index (χ2n) is 3.44. The Balaban J connectivity index is 0. The van der Waals surface area contributed by atoms with Gasteiger partial charge in [0.15, 0.2) is 0 Å². The SMILES string of the molecule is O=S(=O)(O)[c-]1cccc1.O=S(=O)([O-])OS(=O)(=O)[O-].[Zr+4].c1cc[cH-]c1. The van der Waals surface area contributed by atoms with Crippen molar-refractivity contribution >= 4 is 30.9 Å². The molecule has 0 saturated carbocycles. The first-order valence-electron chi connectivity index (χ1n) is 5.30. The number of hydrogen-bond acceptors (Lipinski definition) is 9. The van der Waals surface area contributed by atoms with Crippen LogP contribution in [0.15, 0.2) is 59.5 Å². The zero-order chi connectivity index (χ0) is 18.1. The maximum absolute atomic E-state index is 10.2. The molecular weight excluding hydrogens is 468 g/mol. The molecule has 0 bridgehead atoms. The molecule has 0 unspecified atom stereocenters. The maximum Gasteiger partial charge on any atom is 4.00 e. The summed E-state index contributed by atoms with van der Waals surface area (Å²) >= 11 is 0. The van der Waals surface area contributed by atoms with Crippen molar-refractivity contribution in [2.24, 2.45) is 0 Å². The molecule has 2 aromatic rings. The topological polar surface area (TPSA) is 178 Å². The van der Waals surface area contributed by atoms with Crippen LogP contribution in [-0.2, 0) is 60.7 Å². The third-order valence-corrected chi connectivity index (χ3v) is 3.85. The first-order chi connectivity index (χ1) is 10.3. The quantitative estimate of drug-likeness (QED) is 0.359. The normalized spacial score (nSPS) is 11.1. The Labute approximate surface area is 158 Å². The summed E-state index contributed by atoms with van der Waals surface area (Å²) in [5.74, 6) is 0. The van der Waals surface area contributed by atoms with Crippen molar-refractivity contribution < 1.29 is 68.7 Å². The van der Waals surface area contributed by atoms with E-state index in [-0.39, 0.29) is 31.1 Å². The van der Waals surface area contributed by atoms with Gasteiger partial charge in [-0.25, -0.2) is 49.5 Å². The summed E-state index contributed by atoms with van der Waals surface area (Å²) in [6.07, 6.45) is 0. The Morgan fingerprint density at radius 2 is 1.21 bits per heavy atom. The van der Waals surface area contributed by atoms with Gasteiger partial charge in [0, 0.05) is 0 Å². The molecule has 0 heterocycles. The van der Waals surface area contributed by atoms with Crippen molar-refractivity contribution in [3.63, 3.8) is 0 Å². The fourth-order valence-corrected chi connectivity index (χ4v) is 2.27. The van der Waals surface area contributed by atoms with Gasteiger partial charge < -0.3 is 9.11 Å². The van der Waals surface area contributed by atoms with Crippen LogP contribution >= 0.6 is 0 Å². The van der Waals surface area contributed by atoms with Gasteiger partial charge in [0.1, 0.15) is 0 Å². The van der Waals surface area contributed by atoms with Gasteiger partial charge in [-0.3, -0.25) is 4.55 Å². The molecule has 24 heavy (non-hydrogen) atoms. The Kier molecular flexibility index (Phi) is 11.7. The van der Waals surface area contributed by atoms with Gasteiger partial charge in [0.05, 0.1) is 0 Å². The Bertz CT molecular complexity index is 802. The van der Waals surface area contributed by atoms with E-state index in [2.05, 4.69) is 3.63 Å². The van der Waals surface area contributed by atoms with Gasteiger partial charge >= 0.3 is 26.2 Å². The molecule has 0 aliphatic rings. The molecule has 0 saturated heterocycles. The van der Waals surface area contributed by atoms with E-state index in [0.717, 1.165) is 0 Å². The second kappa shape index (κ2) is 11.0. The molecular formula is C10H10O10S3Zr. The van der Waals surface area contributed by atoms with Crippen LogP contribution < -0.4 is 0 Å². The molecule has 132 valence electrons. The van der Waals surface area contributed by atoms with E-state index in [0.29, 0.717) is 0 Å². The fraction of sp³-hybridized carbons (Fsp3) is 0. The minimum atomic E-state index is -5.43. The molecule has 0 aromatic heterocycles. The van der Waals surface area contributed by atoms with Crippen molar-refractivity contribution in [2.45, 2.75) is 4.90 Å². The molecule has 0 amide bonds. The van der Waals surface area contributed by atoms with Crippen LogP contribution in [-0.4, -0.2) is 38.9 Å². The average molecular weight is 478 g/mol. The summed E-state index contributed by atoms with van der Waals surface area (Å²) in [6, 6.07) is 15.7. The first-order valence-corrected chi connectivity index (χ1v) is 9.40. The van der Waals surface area contributed by atoms with Crippen molar-refractivity contribution in [1.82, 2.24) is 0 Å². The van der Waals surface area contributed by atoms with Crippen LogP contribution in [0.2, 0.25) is 0 Å². The predicted molar refractivity (Wildman–Crippen MR) is 74.4 cm³/mol. The monoisotopic (exact) mass is 476 g/mol. The van der Waals surface area contributed by atoms with E-state index in [1.165, 1.54) is 12.1 Å². The predicted octanol–water partition coefficient (Wildman–Crippen LogP) is -0.0214. The molecule has 0 fully saturated rings. The van der Waals surface area contributed by atoms with Crippen LogP contribution in [0.1, 0.15) is 0 Å². The van der Waals surface area contributed by atoms with E-state index in [1.807, 2.05) is 30.3 Å². The van der Waals surface area contributed by atoms with Crippen molar-refractivity contribution in [2.75, 3.05) is 0 Å². The molecule has 0 atom stereocenters. The zero-order valence-electron chi connectivity index (χ0n) is 11.5. The summed E-state index contributed by atoms with van der Waals surface area (Å²) in [5.41, 5.74) is 0.